The topological polar surface area (TPSA) is 88.2 Å². The monoisotopic (exact) mass is 495 g/mol. The van der Waals surface area contributed by atoms with Crippen LogP contribution >= 0.6 is 0 Å². The van der Waals surface area contributed by atoms with E-state index < -0.39 is 10.0 Å². The minimum Gasteiger partial charge on any atom is -0.491 e. The van der Waals surface area contributed by atoms with Gasteiger partial charge in [-0.2, -0.15) is 0 Å². The fraction of sp³-hybridized carbons (Fsp3) is 0.720. The Morgan fingerprint density at radius 2 is 1.85 bits per heavy atom. The molecule has 1 N–H and O–H groups in total. The van der Waals surface area contributed by atoms with Gasteiger partial charge in [0, 0.05) is 45.5 Å². The molecule has 1 amide bonds. The van der Waals surface area contributed by atoms with E-state index in [4.69, 9.17) is 9.47 Å². The molecule has 1 saturated carbocycles. The number of hydrogen-bond donors (Lipinski definition) is 1. The molecule has 1 aromatic carbocycles. The van der Waals surface area contributed by atoms with Crippen molar-refractivity contribution in [3.63, 3.8) is 0 Å². The van der Waals surface area contributed by atoms with Crippen molar-refractivity contribution in [3.8, 4) is 5.75 Å². The van der Waals surface area contributed by atoms with Crippen LogP contribution in [-0.4, -0.2) is 82.9 Å². The van der Waals surface area contributed by atoms with Crippen LogP contribution in [0.3, 0.4) is 0 Å². The average Bonchev–Trinajstić information content (AvgIpc) is 2.79. The third kappa shape index (κ3) is 7.33. The van der Waals surface area contributed by atoms with E-state index in [-0.39, 0.29) is 24.0 Å². The summed E-state index contributed by atoms with van der Waals surface area (Å²) in [6.45, 7) is 7.17. The number of carbonyl (C=O) groups excluding carboxylic acids is 1. The first-order valence-electron chi connectivity index (χ1n) is 12.3. The second-order valence-electron chi connectivity index (χ2n) is 10.1. The van der Waals surface area contributed by atoms with E-state index in [0.29, 0.717) is 36.1 Å². The van der Waals surface area contributed by atoms with Crippen LogP contribution in [0.4, 0.5) is 5.69 Å². The maximum absolute atomic E-state index is 13.3. The fourth-order valence-electron chi connectivity index (χ4n) is 5.08. The van der Waals surface area contributed by atoms with Gasteiger partial charge in [-0.3, -0.25) is 14.4 Å². The van der Waals surface area contributed by atoms with Crippen molar-refractivity contribution >= 4 is 21.6 Å². The second kappa shape index (κ2) is 11.7. The SMILES string of the molecule is CO[C@@H]1CN(C)C(=O)c2cc(NS(C)(=O)=O)ccc2OC[C@H](C)N(CC2CCCCC2)C[C@H]1C. The molecule has 1 heterocycles. The number of rotatable bonds is 5. The number of anilines is 1. The number of carbonyl (C=O) groups is 1. The van der Waals surface area contributed by atoms with E-state index in [0.717, 1.165) is 19.3 Å². The molecule has 0 unspecified atom stereocenters. The Hall–Kier alpha value is -1.84. The maximum atomic E-state index is 13.3. The molecule has 3 rings (SSSR count). The lowest BCUT2D eigenvalue weighted by molar-refractivity contribution is 0.00690. The van der Waals surface area contributed by atoms with Gasteiger partial charge in [-0.15, -0.1) is 0 Å². The Balaban J connectivity index is 1.91. The van der Waals surface area contributed by atoms with Gasteiger partial charge in [0.25, 0.3) is 5.91 Å². The number of benzene rings is 1. The van der Waals surface area contributed by atoms with Crippen molar-refractivity contribution in [3.05, 3.63) is 23.8 Å². The fourth-order valence-corrected chi connectivity index (χ4v) is 5.64. The molecule has 1 fully saturated rings. The quantitative estimate of drug-likeness (QED) is 0.673. The summed E-state index contributed by atoms with van der Waals surface area (Å²) in [5.74, 6) is 1.17. The van der Waals surface area contributed by atoms with E-state index >= 15 is 0 Å². The molecule has 0 spiro atoms. The van der Waals surface area contributed by atoms with Crippen LogP contribution in [0.1, 0.15) is 56.3 Å². The molecule has 2 aliphatic rings. The zero-order chi connectivity index (χ0) is 24.9. The van der Waals surface area contributed by atoms with Gasteiger partial charge in [-0.25, -0.2) is 8.42 Å². The first-order valence-corrected chi connectivity index (χ1v) is 14.2. The normalized spacial score (nSPS) is 26.2. The molecule has 34 heavy (non-hydrogen) atoms. The van der Waals surface area contributed by atoms with Crippen LogP contribution in [-0.2, 0) is 14.8 Å². The van der Waals surface area contributed by atoms with Crippen molar-refractivity contribution in [2.24, 2.45) is 11.8 Å². The summed E-state index contributed by atoms with van der Waals surface area (Å²) in [4.78, 5) is 17.5. The highest BCUT2D eigenvalue weighted by Gasteiger charge is 2.30. The molecular weight excluding hydrogens is 454 g/mol. The Bertz CT molecular complexity index is 932. The molecule has 0 radical (unpaired) electrons. The first-order chi connectivity index (χ1) is 16.1. The molecule has 3 atom stereocenters. The molecule has 1 aromatic rings. The number of methoxy groups -OCH3 is 1. The van der Waals surface area contributed by atoms with Crippen molar-refractivity contribution < 1.29 is 22.7 Å². The molecule has 9 heteroatoms. The van der Waals surface area contributed by atoms with Crippen LogP contribution < -0.4 is 9.46 Å². The lowest BCUT2D eigenvalue weighted by Crippen LogP contribution is -2.48. The third-order valence-electron chi connectivity index (χ3n) is 7.09. The van der Waals surface area contributed by atoms with Crippen molar-refractivity contribution in [1.29, 1.82) is 0 Å². The molecule has 0 bridgehead atoms. The number of fused-ring (bicyclic) bond motifs is 1. The average molecular weight is 496 g/mol. The minimum absolute atomic E-state index is 0.115. The van der Waals surface area contributed by atoms with Gasteiger partial charge in [-0.1, -0.05) is 26.2 Å². The van der Waals surface area contributed by atoms with Gasteiger partial charge >= 0.3 is 0 Å². The van der Waals surface area contributed by atoms with Gasteiger partial charge in [0.1, 0.15) is 12.4 Å². The number of hydrogen-bond acceptors (Lipinski definition) is 6. The summed E-state index contributed by atoms with van der Waals surface area (Å²) in [5, 5.41) is 0. The Kier molecular flexibility index (Phi) is 9.23. The predicted octanol–water partition coefficient (Wildman–Crippen LogP) is 3.44. The summed E-state index contributed by atoms with van der Waals surface area (Å²) in [7, 11) is -0.0218. The number of ether oxygens (including phenoxy) is 2. The van der Waals surface area contributed by atoms with Crippen LogP contribution in [0, 0.1) is 11.8 Å². The summed E-state index contributed by atoms with van der Waals surface area (Å²) in [5.41, 5.74) is 0.674. The highest BCUT2D eigenvalue weighted by Crippen LogP contribution is 2.29. The summed E-state index contributed by atoms with van der Waals surface area (Å²) >= 11 is 0. The highest BCUT2D eigenvalue weighted by atomic mass is 32.2. The van der Waals surface area contributed by atoms with Gasteiger partial charge in [-0.05, 0) is 49.8 Å². The first kappa shape index (κ1) is 26.8. The second-order valence-corrected chi connectivity index (χ2v) is 11.9. The predicted molar refractivity (Wildman–Crippen MR) is 135 cm³/mol. The number of amides is 1. The van der Waals surface area contributed by atoms with E-state index in [2.05, 4.69) is 23.5 Å². The zero-order valence-corrected chi connectivity index (χ0v) is 22.1. The van der Waals surface area contributed by atoms with Crippen LogP contribution in [0.5, 0.6) is 5.75 Å². The lowest BCUT2D eigenvalue weighted by Gasteiger charge is -2.38. The molecule has 1 aliphatic carbocycles. The summed E-state index contributed by atoms with van der Waals surface area (Å²) in [6, 6.07) is 5.02. The van der Waals surface area contributed by atoms with Gasteiger partial charge in [0.05, 0.1) is 17.9 Å². The van der Waals surface area contributed by atoms with Crippen LogP contribution in [0.25, 0.3) is 0 Å². The standard InChI is InChI=1S/C25H41N3O5S/c1-18-14-28(15-20-9-7-6-8-10-20)19(2)17-33-23-12-11-21(26-34(5,30)31)13-22(23)25(29)27(3)16-24(18)32-4/h11-13,18-20,24,26H,6-10,14-17H2,1-5H3/t18-,19+,24-/m1/s1. The minimum atomic E-state index is -3.47. The molecule has 192 valence electrons. The largest absolute Gasteiger partial charge is 0.491 e. The van der Waals surface area contributed by atoms with E-state index in [1.807, 2.05) is 0 Å². The van der Waals surface area contributed by atoms with Crippen molar-refractivity contribution in [2.45, 2.75) is 58.1 Å². The Morgan fingerprint density at radius 3 is 2.50 bits per heavy atom. The molecule has 0 saturated heterocycles. The Morgan fingerprint density at radius 1 is 1.15 bits per heavy atom. The lowest BCUT2D eigenvalue weighted by atomic mass is 9.88. The van der Waals surface area contributed by atoms with E-state index in [1.54, 1.807) is 37.3 Å². The van der Waals surface area contributed by atoms with Crippen LogP contribution in [0.15, 0.2) is 18.2 Å². The van der Waals surface area contributed by atoms with Crippen LogP contribution in [0.2, 0.25) is 0 Å². The molecule has 8 nitrogen and oxygen atoms in total. The number of nitrogens with one attached hydrogen (secondary N) is 1. The number of likely N-dealkylation sites (N-methyl/N-ethyl adjacent to an activating group) is 1. The number of nitrogens with zero attached hydrogens (tertiary/aromatic N) is 2. The van der Waals surface area contributed by atoms with Crippen molar-refractivity contribution in [2.75, 3.05) is 51.4 Å². The maximum Gasteiger partial charge on any atom is 0.257 e. The molecular formula is C25H41N3O5S. The summed E-state index contributed by atoms with van der Waals surface area (Å²) in [6.07, 6.45) is 7.49. The van der Waals surface area contributed by atoms with Crippen molar-refractivity contribution in [1.82, 2.24) is 9.80 Å². The van der Waals surface area contributed by atoms with E-state index in [9.17, 15) is 13.2 Å². The third-order valence-corrected chi connectivity index (χ3v) is 7.70. The van der Waals surface area contributed by atoms with Gasteiger partial charge < -0.3 is 14.4 Å². The van der Waals surface area contributed by atoms with Gasteiger partial charge in [0.2, 0.25) is 10.0 Å². The highest BCUT2D eigenvalue weighted by molar-refractivity contribution is 7.92. The number of sulfonamides is 1. The smallest absolute Gasteiger partial charge is 0.257 e. The Labute approximate surface area is 205 Å². The molecule has 1 aliphatic heterocycles. The zero-order valence-electron chi connectivity index (χ0n) is 21.2. The van der Waals surface area contributed by atoms with Gasteiger partial charge in [0.15, 0.2) is 0 Å². The van der Waals surface area contributed by atoms with E-state index in [1.165, 1.54) is 32.1 Å². The summed E-state index contributed by atoms with van der Waals surface area (Å²) < 4.78 is 37.9. The molecule has 0 aromatic heterocycles.